The van der Waals surface area contributed by atoms with Crippen molar-refractivity contribution in [2.75, 3.05) is 0 Å². The van der Waals surface area contributed by atoms with Gasteiger partial charge in [-0.1, -0.05) is 37.2 Å². The quantitative estimate of drug-likeness (QED) is 0.773. The van der Waals surface area contributed by atoms with Gasteiger partial charge in [0.1, 0.15) is 22.7 Å². The van der Waals surface area contributed by atoms with Crippen molar-refractivity contribution in [2.45, 2.75) is 20.3 Å². The van der Waals surface area contributed by atoms with Crippen LogP contribution in [0.25, 0.3) is 21.8 Å². The molecule has 0 fully saturated rings. The fourth-order valence-electron chi connectivity index (χ4n) is 2.35. The lowest BCUT2D eigenvalue weighted by atomic mass is 10.1. The first-order chi connectivity index (χ1) is 11.0. The van der Waals surface area contributed by atoms with Crippen molar-refractivity contribution in [3.05, 3.63) is 47.2 Å². The van der Waals surface area contributed by atoms with E-state index in [4.69, 9.17) is 10.3 Å². The highest BCUT2D eigenvalue weighted by Gasteiger charge is 2.18. The number of carbonyl (C=O) groups excluding carboxylic acids is 1. The zero-order chi connectivity index (χ0) is 16.4. The fraction of sp³-hybridized carbons (Fsp3) is 0.235. The van der Waals surface area contributed by atoms with Gasteiger partial charge in [-0.2, -0.15) is 0 Å². The Balaban J connectivity index is 2.02. The van der Waals surface area contributed by atoms with Gasteiger partial charge in [0.15, 0.2) is 0 Å². The van der Waals surface area contributed by atoms with E-state index in [1.165, 1.54) is 17.6 Å². The van der Waals surface area contributed by atoms with Crippen molar-refractivity contribution in [1.29, 1.82) is 0 Å². The molecule has 0 bridgehead atoms. The predicted octanol–water partition coefficient (Wildman–Crippen LogP) is 3.76. The molecule has 0 atom stereocenters. The van der Waals surface area contributed by atoms with Gasteiger partial charge in [0.05, 0.1) is 0 Å². The third-order valence-electron chi connectivity index (χ3n) is 3.37. The van der Waals surface area contributed by atoms with Crippen LogP contribution in [0.4, 0.5) is 0 Å². The van der Waals surface area contributed by atoms with E-state index in [1.807, 2.05) is 24.3 Å². The van der Waals surface area contributed by atoms with Crippen molar-refractivity contribution < 1.29 is 9.32 Å². The van der Waals surface area contributed by atoms with E-state index in [0.717, 1.165) is 33.1 Å². The maximum absolute atomic E-state index is 11.6. The molecule has 0 unspecified atom stereocenters. The van der Waals surface area contributed by atoms with Gasteiger partial charge >= 0.3 is 0 Å². The summed E-state index contributed by atoms with van der Waals surface area (Å²) >= 11 is 1.52. The van der Waals surface area contributed by atoms with Crippen LogP contribution in [-0.4, -0.2) is 16.0 Å². The molecule has 1 aromatic carbocycles. The molecule has 5 nitrogen and oxygen atoms in total. The van der Waals surface area contributed by atoms with Gasteiger partial charge in [-0.05, 0) is 18.4 Å². The van der Waals surface area contributed by atoms with E-state index >= 15 is 0 Å². The van der Waals surface area contributed by atoms with Crippen LogP contribution in [0.3, 0.4) is 0 Å². The SMILES string of the molecule is CC(C)Cc1sc(-c2cccc(-c3ccon3)c2)nc1C(N)=O. The first-order valence-electron chi connectivity index (χ1n) is 7.35. The number of thiazole rings is 1. The number of benzene rings is 1. The molecule has 0 spiro atoms. The van der Waals surface area contributed by atoms with E-state index in [-0.39, 0.29) is 0 Å². The van der Waals surface area contributed by atoms with E-state index < -0.39 is 5.91 Å². The monoisotopic (exact) mass is 327 g/mol. The van der Waals surface area contributed by atoms with Crippen molar-refractivity contribution in [2.24, 2.45) is 11.7 Å². The van der Waals surface area contributed by atoms with E-state index in [9.17, 15) is 4.79 Å². The van der Waals surface area contributed by atoms with Gasteiger partial charge < -0.3 is 10.3 Å². The van der Waals surface area contributed by atoms with Crippen LogP contribution in [-0.2, 0) is 6.42 Å². The molecule has 0 aliphatic carbocycles. The second-order valence-corrected chi connectivity index (χ2v) is 6.80. The number of carbonyl (C=O) groups is 1. The van der Waals surface area contributed by atoms with Crippen molar-refractivity contribution >= 4 is 17.2 Å². The summed E-state index contributed by atoms with van der Waals surface area (Å²) in [5.41, 5.74) is 8.50. The van der Waals surface area contributed by atoms with E-state index in [0.29, 0.717) is 11.6 Å². The van der Waals surface area contributed by atoms with Crippen LogP contribution in [0.15, 0.2) is 41.1 Å². The Morgan fingerprint density at radius 1 is 1.30 bits per heavy atom. The molecule has 0 radical (unpaired) electrons. The van der Waals surface area contributed by atoms with Crippen LogP contribution in [0.5, 0.6) is 0 Å². The number of nitrogens with zero attached hydrogens (tertiary/aromatic N) is 2. The average Bonchev–Trinajstić information content (AvgIpc) is 3.16. The lowest BCUT2D eigenvalue weighted by molar-refractivity contribution is 0.0995. The molecule has 2 aromatic heterocycles. The van der Waals surface area contributed by atoms with Gasteiger partial charge in [-0.15, -0.1) is 11.3 Å². The number of primary amides is 1. The third kappa shape index (κ3) is 3.32. The molecule has 2 heterocycles. The number of hydrogen-bond acceptors (Lipinski definition) is 5. The van der Waals surface area contributed by atoms with E-state index in [1.54, 1.807) is 6.07 Å². The fourth-order valence-corrected chi connectivity index (χ4v) is 3.62. The van der Waals surface area contributed by atoms with Crippen LogP contribution in [0.2, 0.25) is 0 Å². The summed E-state index contributed by atoms with van der Waals surface area (Å²) < 4.78 is 4.89. The highest BCUT2D eigenvalue weighted by Crippen LogP contribution is 2.32. The van der Waals surface area contributed by atoms with E-state index in [2.05, 4.69) is 24.0 Å². The van der Waals surface area contributed by atoms with Gasteiger partial charge in [0, 0.05) is 22.1 Å². The molecule has 23 heavy (non-hydrogen) atoms. The minimum atomic E-state index is -0.476. The molecular weight excluding hydrogens is 310 g/mol. The molecule has 3 aromatic rings. The first kappa shape index (κ1) is 15.4. The molecule has 0 aliphatic heterocycles. The highest BCUT2D eigenvalue weighted by atomic mass is 32.1. The van der Waals surface area contributed by atoms with Gasteiger partial charge in [-0.3, -0.25) is 4.79 Å². The molecule has 3 rings (SSSR count). The smallest absolute Gasteiger partial charge is 0.268 e. The maximum Gasteiger partial charge on any atom is 0.268 e. The predicted molar refractivity (Wildman–Crippen MR) is 90.1 cm³/mol. The summed E-state index contributed by atoms with van der Waals surface area (Å²) in [7, 11) is 0. The summed E-state index contributed by atoms with van der Waals surface area (Å²) in [6.07, 6.45) is 2.33. The molecule has 0 saturated heterocycles. The summed E-state index contributed by atoms with van der Waals surface area (Å²) in [6.45, 7) is 4.21. The standard InChI is InChI=1S/C17H17N3O2S/c1-10(2)8-14-15(16(18)21)19-17(23-14)12-5-3-4-11(9-12)13-6-7-22-20-13/h3-7,9-10H,8H2,1-2H3,(H2,18,21). The molecule has 6 heteroatoms. The number of hydrogen-bond donors (Lipinski definition) is 1. The first-order valence-corrected chi connectivity index (χ1v) is 8.17. The molecule has 0 aliphatic rings. The van der Waals surface area contributed by atoms with Gasteiger partial charge in [0.2, 0.25) is 0 Å². The largest absolute Gasteiger partial charge is 0.364 e. The lowest BCUT2D eigenvalue weighted by Crippen LogP contribution is -2.14. The Morgan fingerprint density at radius 2 is 2.09 bits per heavy atom. The Kier molecular flexibility index (Phi) is 4.25. The number of aromatic nitrogens is 2. The summed E-state index contributed by atoms with van der Waals surface area (Å²) in [4.78, 5) is 17.0. The summed E-state index contributed by atoms with van der Waals surface area (Å²) in [5, 5.41) is 4.74. The lowest BCUT2D eigenvalue weighted by Gasteiger charge is -2.01. The second kappa shape index (κ2) is 6.34. The van der Waals surface area contributed by atoms with Crippen LogP contribution >= 0.6 is 11.3 Å². The van der Waals surface area contributed by atoms with Crippen molar-refractivity contribution in [3.8, 4) is 21.8 Å². The van der Waals surface area contributed by atoms with Crippen molar-refractivity contribution in [3.63, 3.8) is 0 Å². The molecule has 0 saturated carbocycles. The number of rotatable bonds is 5. The Bertz CT molecular complexity index is 822. The van der Waals surface area contributed by atoms with Crippen LogP contribution in [0.1, 0.15) is 29.2 Å². The zero-order valence-corrected chi connectivity index (χ0v) is 13.8. The Hall–Kier alpha value is -2.47. The zero-order valence-electron chi connectivity index (χ0n) is 12.9. The molecule has 118 valence electrons. The molecular formula is C17H17N3O2S. The van der Waals surface area contributed by atoms with Crippen LogP contribution < -0.4 is 5.73 Å². The topological polar surface area (TPSA) is 82.0 Å². The summed E-state index contributed by atoms with van der Waals surface area (Å²) in [6, 6.07) is 9.65. The molecule has 1 amide bonds. The minimum Gasteiger partial charge on any atom is -0.364 e. The Labute approximate surface area is 138 Å². The highest BCUT2D eigenvalue weighted by molar-refractivity contribution is 7.15. The van der Waals surface area contributed by atoms with Gasteiger partial charge in [0.25, 0.3) is 5.91 Å². The minimum absolute atomic E-state index is 0.380. The normalized spacial score (nSPS) is 11.1. The van der Waals surface area contributed by atoms with Crippen LogP contribution in [0, 0.1) is 5.92 Å². The second-order valence-electron chi connectivity index (χ2n) is 5.72. The average molecular weight is 327 g/mol. The number of nitrogens with two attached hydrogens (primary N) is 1. The van der Waals surface area contributed by atoms with Gasteiger partial charge in [-0.25, -0.2) is 4.98 Å². The summed E-state index contributed by atoms with van der Waals surface area (Å²) in [5.74, 6) is -0.0429. The maximum atomic E-state index is 11.6. The molecule has 2 N–H and O–H groups in total. The third-order valence-corrected chi connectivity index (χ3v) is 4.49. The Morgan fingerprint density at radius 3 is 2.74 bits per heavy atom. The number of amides is 1. The van der Waals surface area contributed by atoms with Crippen molar-refractivity contribution in [1.82, 2.24) is 10.1 Å².